The highest BCUT2D eigenvalue weighted by Crippen LogP contribution is 2.31. The Hall–Kier alpha value is -0.810. The van der Waals surface area contributed by atoms with Gasteiger partial charge in [-0.15, -0.1) is 0 Å². The van der Waals surface area contributed by atoms with Crippen molar-refractivity contribution in [3.05, 3.63) is 0 Å². The summed E-state index contributed by atoms with van der Waals surface area (Å²) in [4.78, 5) is 11.2. The second kappa shape index (κ2) is 5.89. The maximum Gasteiger partial charge on any atom is 0.383 e. The molecule has 1 aliphatic carbocycles. The summed E-state index contributed by atoms with van der Waals surface area (Å²) in [7, 11) is 0. The molecule has 0 aromatic rings. The summed E-state index contributed by atoms with van der Waals surface area (Å²) in [6, 6.07) is -0.420. The Bertz CT molecular complexity index is 294. The van der Waals surface area contributed by atoms with Gasteiger partial charge in [0, 0.05) is 6.04 Å². The Morgan fingerprint density at radius 1 is 1.22 bits per heavy atom. The highest BCUT2D eigenvalue weighted by molar-refractivity contribution is 5.84. The van der Waals surface area contributed by atoms with Crippen LogP contribution < -0.4 is 5.32 Å². The number of amides is 1. The Balaban J connectivity index is 2.67. The summed E-state index contributed by atoms with van der Waals surface area (Å²) < 4.78 is 49.8. The van der Waals surface area contributed by atoms with Gasteiger partial charge in [0.1, 0.15) is 0 Å². The Labute approximate surface area is 104 Å². The van der Waals surface area contributed by atoms with Crippen LogP contribution in [0.3, 0.4) is 0 Å². The highest BCUT2D eigenvalue weighted by atomic mass is 19.3. The average Bonchev–Trinajstić information content (AvgIpc) is 2.29. The van der Waals surface area contributed by atoms with E-state index in [2.05, 4.69) is 5.32 Å². The first kappa shape index (κ1) is 15.2. The highest BCUT2D eigenvalue weighted by Gasteiger charge is 2.50. The normalized spacial score (nSPS) is 25.6. The van der Waals surface area contributed by atoms with E-state index in [0.29, 0.717) is 6.42 Å². The number of nitrogens with one attached hydrogen (secondary N) is 1. The minimum atomic E-state index is -4.60. The third-order valence-electron chi connectivity index (χ3n) is 3.57. The lowest BCUT2D eigenvalue weighted by Gasteiger charge is -2.35. The molecule has 0 heterocycles. The Morgan fingerprint density at radius 2 is 1.78 bits per heavy atom. The molecule has 0 aliphatic heterocycles. The molecule has 18 heavy (non-hydrogen) atoms. The summed E-state index contributed by atoms with van der Waals surface area (Å²) in [5.41, 5.74) is 0. The smallest absolute Gasteiger partial charge is 0.348 e. The van der Waals surface area contributed by atoms with E-state index >= 15 is 0 Å². The fraction of sp³-hybridized carbons (Fsp3) is 0.917. The van der Waals surface area contributed by atoms with Gasteiger partial charge in [-0.3, -0.25) is 4.79 Å². The first-order chi connectivity index (χ1) is 8.26. The molecule has 106 valence electrons. The summed E-state index contributed by atoms with van der Waals surface area (Å²) in [6.07, 6.45) is -0.732. The molecule has 0 spiro atoms. The van der Waals surface area contributed by atoms with Crippen molar-refractivity contribution in [3.63, 3.8) is 0 Å². The van der Waals surface area contributed by atoms with Crippen molar-refractivity contribution in [3.8, 4) is 0 Å². The second-order valence-corrected chi connectivity index (χ2v) is 5.20. The summed E-state index contributed by atoms with van der Waals surface area (Å²) >= 11 is 0. The molecule has 0 aromatic heterocycles. The molecule has 1 saturated carbocycles. The maximum atomic E-state index is 12.9. The Kier molecular flexibility index (Phi) is 4.99. The van der Waals surface area contributed by atoms with Crippen LogP contribution in [0, 0.1) is 11.8 Å². The van der Waals surface area contributed by atoms with Gasteiger partial charge in [-0.1, -0.05) is 26.7 Å². The zero-order valence-corrected chi connectivity index (χ0v) is 10.6. The first-order valence-corrected chi connectivity index (χ1v) is 6.23. The second-order valence-electron chi connectivity index (χ2n) is 5.20. The minimum Gasteiger partial charge on any atom is -0.348 e. The SMILES string of the molecule is CC(C)C1CCCCC1NC(=O)C(F)(F)C(F)F. The number of carbonyl (C=O) groups excluding carboxylic acids is 1. The van der Waals surface area contributed by atoms with Crippen LogP contribution in [0.15, 0.2) is 0 Å². The zero-order chi connectivity index (χ0) is 13.9. The fourth-order valence-electron chi connectivity index (χ4n) is 2.50. The molecular formula is C12H19F4NO. The molecule has 1 N–H and O–H groups in total. The Morgan fingerprint density at radius 3 is 2.28 bits per heavy atom. The van der Waals surface area contributed by atoms with Crippen molar-refractivity contribution in [2.75, 3.05) is 0 Å². The zero-order valence-electron chi connectivity index (χ0n) is 10.6. The van der Waals surface area contributed by atoms with E-state index in [1.807, 2.05) is 13.8 Å². The van der Waals surface area contributed by atoms with Gasteiger partial charge >= 0.3 is 12.3 Å². The molecule has 0 bridgehead atoms. The van der Waals surface area contributed by atoms with Crippen molar-refractivity contribution < 1.29 is 22.4 Å². The van der Waals surface area contributed by atoms with Gasteiger partial charge in [0.05, 0.1) is 0 Å². The molecule has 1 aliphatic rings. The standard InChI is InChI=1S/C12H19F4NO/c1-7(2)8-5-3-4-6-9(8)17-11(18)12(15,16)10(13)14/h7-10H,3-6H2,1-2H3,(H,17,18). The van der Waals surface area contributed by atoms with Gasteiger partial charge in [-0.25, -0.2) is 8.78 Å². The number of hydrogen-bond donors (Lipinski definition) is 1. The average molecular weight is 269 g/mol. The summed E-state index contributed by atoms with van der Waals surface area (Å²) in [5, 5.41) is 2.10. The van der Waals surface area contributed by atoms with E-state index in [1.165, 1.54) is 0 Å². The molecular weight excluding hydrogens is 250 g/mol. The molecule has 1 amide bonds. The van der Waals surface area contributed by atoms with Crippen molar-refractivity contribution in [2.45, 2.75) is 57.9 Å². The largest absolute Gasteiger partial charge is 0.383 e. The van der Waals surface area contributed by atoms with Gasteiger partial charge in [0.15, 0.2) is 0 Å². The number of halogens is 4. The van der Waals surface area contributed by atoms with E-state index in [-0.39, 0.29) is 11.8 Å². The van der Waals surface area contributed by atoms with Crippen molar-refractivity contribution in [1.29, 1.82) is 0 Å². The van der Waals surface area contributed by atoms with Crippen LogP contribution in [0.4, 0.5) is 17.6 Å². The lowest BCUT2D eigenvalue weighted by Crippen LogP contribution is -2.52. The lowest BCUT2D eigenvalue weighted by molar-refractivity contribution is -0.170. The van der Waals surface area contributed by atoms with Gasteiger partial charge < -0.3 is 5.32 Å². The van der Waals surface area contributed by atoms with E-state index < -0.39 is 24.3 Å². The monoisotopic (exact) mass is 269 g/mol. The van der Waals surface area contributed by atoms with Crippen LogP contribution in [-0.4, -0.2) is 24.3 Å². The van der Waals surface area contributed by atoms with Gasteiger partial charge in [0.2, 0.25) is 0 Å². The molecule has 1 fully saturated rings. The van der Waals surface area contributed by atoms with Crippen molar-refractivity contribution >= 4 is 5.91 Å². The number of alkyl halides is 4. The van der Waals surface area contributed by atoms with E-state index in [1.54, 1.807) is 0 Å². The number of rotatable bonds is 4. The maximum absolute atomic E-state index is 12.9. The molecule has 0 radical (unpaired) electrons. The van der Waals surface area contributed by atoms with E-state index in [0.717, 1.165) is 19.3 Å². The van der Waals surface area contributed by atoms with Crippen LogP contribution in [0.1, 0.15) is 39.5 Å². The molecule has 2 atom stereocenters. The predicted molar refractivity (Wildman–Crippen MR) is 59.7 cm³/mol. The predicted octanol–water partition coefficient (Wildman–Crippen LogP) is 3.22. The quantitative estimate of drug-likeness (QED) is 0.780. The molecule has 6 heteroatoms. The molecule has 2 nitrogen and oxygen atoms in total. The molecule has 0 aromatic carbocycles. The topological polar surface area (TPSA) is 29.1 Å². The van der Waals surface area contributed by atoms with Gasteiger partial charge in [-0.2, -0.15) is 8.78 Å². The van der Waals surface area contributed by atoms with Crippen LogP contribution in [-0.2, 0) is 4.79 Å². The molecule has 2 unspecified atom stereocenters. The minimum absolute atomic E-state index is 0.0798. The van der Waals surface area contributed by atoms with Crippen molar-refractivity contribution in [1.82, 2.24) is 5.32 Å². The molecule has 0 saturated heterocycles. The molecule has 1 rings (SSSR count). The van der Waals surface area contributed by atoms with E-state index in [9.17, 15) is 22.4 Å². The van der Waals surface area contributed by atoms with Crippen LogP contribution in [0.25, 0.3) is 0 Å². The fourth-order valence-corrected chi connectivity index (χ4v) is 2.50. The van der Waals surface area contributed by atoms with Gasteiger partial charge in [0.25, 0.3) is 5.91 Å². The first-order valence-electron chi connectivity index (χ1n) is 6.23. The lowest BCUT2D eigenvalue weighted by atomic mass is 9.78. The van der Waals surface area contributed by atoms with Crippen LogP contribution >= 0.6 is 0 Å². The third-order valence-corrected chi connectivity index (χ3v) is 3.57. The summed E-state index contributed by atoms with van der Waals surface area (Å²) in [5.74, 6) is -6.14. The van der Waals surface area contributed by atoms with Crippen LogP contribution in [0.2, 0.25) is 0 Å². The third kappa shape index (κ3) is 3.36. The number of hydrogen-bond acceptors (Lipinski definition) is 1. The van der Waals surface area contributed by atoms with Gasteiger partial charge in [-0.05, 0) is 24.7 Å². The van der Waals surface area contributed by atoms with Crippen LogP contribution in [0.5, 0.6) is 0 Å². The van der Waals surface area contributed by atoms with Crippen molar-refractivity contribution in [2.24, 2.45) is 11.8 Å². The summed E-state index contributed by atoms with van der Waals surface area (Å²) in [6.45, 7) is 3.89. The number of carbonyl (C=O) groups is 1. The van der Waals surface area contributed by atoms with E-state index in [4.69, 9.17) is 0 Å².